The fraction of sp³-hybridized carbons (Fsp3) is 0.611. The fourth-order valence-corrected chi connectivity index (χ4v) is 2.76. The van der Waals surface area contributed by atoms with Crippen LogP contribution in [0.2, 0.25) is 0 Å². The highest BCUT2D eigenvalue weighted by Gasteiger charge is 2.31. The Balaban J connectivity index is 2.93. The molecule has 0 unspecified atom stereocenters. The highest BCUT2D eigenvalue weighted by atomic mass is 80.0. The van der Waals surface area contributed by atoms with Gasteiger partial charge in [0.05, 0.1) is 11.5 Å². The standard InChI is InChI=1S/C18H22Br3F3O2/c1-16(2,3)10-4-5-14(15(25)26-11-17(19,20)21)12-6-8-13(9-7-12)18(22,23)24/h6-9,14H,4-5,10-11H2,1-3H3/t14-/m0/s1. The van der Waals surface area contributed by atoms with Gasteiger partial charge >= 0.3 is 12.1 Å². The quantitative estimate of drug-likeness (QED) is 0.265. The molecule has 0 N–H and O–H groups in total. The first-order valence-electron chi connectivity index (χ1n) is 8.09. The molecule has 148 valence electrons. The van der Waals surface area contributed by atoms with Gasteiger partial charge in [0.15, 0.2) is 2.14 Å². The topological polar surface area (TPSA) is 26.3 Å². The molecule has 1 aromatic carbocycles. The van der Waals surface area contributed by atoms with Crippen LogP contribution in [-0.4, -0.2) is 14.7 Å². The van der Waals surface area contributed by atoms with Crippen molar-refractivity contribution in [2.75, 3.05) is 6.61 Å². The molecule has 0 saturated heterocycles. The molecular weight excluding hydrogens is 545 g/mol. The van der Waals surface area contributed by atoms with E-state index in [1.807, 2.05) is 0 Å². The lowest BCUT2D eigenvalue weighted by Crippen LogP contribution is -2.22. The van der Waals surface area contributed by atoms with Gasteiger partial charge in [0.2, 0.25) is 0 Å². The summed E-state index contributed by atoms with van der Waals surface area (Å²) < 4.78 is 42.9. The van der Waals surface area contributed by atoms with Crippen molar-refractivity contribution in [2.45, 2.75) is 54.3 Å². The van der Waals surface area contributed by atoms with Crippen LogP contribution in [0.3, 0.4) is 0 Å². The third-order valence-corrected chi connectivity index (χ3v) is 4.41. The van der Waals surface area contributed by atoms with E-state index >= 15 is 0 Å². The van der Waals surface area contributed by atoms with Crippen LogP contribution in [0.15, 0.2) is 24.3 Å². The smallest absolute Gasteiger partial charge is 0.416 e. The number of rotatable bonds is 6. The van der Waals surface area contributed by atoms with E-state index in [4.69, 9.17) is 4.74 Å². The summed E-state index contributed by atoms with van der Waals surface area (Å²) in [6.07, 6.45) is -2.22. The lowest BCUT2D eigenvalue weighted by Gasteiger charge is -2.22. The van der Waals surface area contributed by atoms with Gasteiger partial charge in [-0.15, -0.1) is 0 Å². The molecule has 8 heteroatoms. The predicted molar refractivity (Wildman–Crippen MR) is 108 cm³/mol. The van der Waals surface area contributed by atoms with Gasteiger partial charge in [-0.2, -0.15) is 13.2 Å². The van der Waals surface area contributed by atoms with Gasteiger partial charge in [-0.05, 0) is 36.0 Å². The summed E-state index contributed by atoms with van der Waals surface area (Å²) >= 11 is 9.76. The van der Waals surface area contributed by atoms with Crippen LogP contribution in [-0.2, 0) is 15.7 Å². The summed E-state index contributed by atoms with van der Waals surface area (Å²) in [5.41, 5.74) is -0.0876. The predicted octanol–water partition coefficient (Wildman–Crippen LogP) is 7.39. The number of esters is 1. The van der Waals surface area contributed by atoms with E-state index < -0.39 is 25.8 Å². The second-order valence-electron chi connectivity index (χ2n) is 7.35. The summed E-state index contributed by atoms with van der Waals surface area (Å²) in [4.78, 5) is 12.5. The van der Waals surface area contributed by atoms with Crippen LogP contribution in [0.1, 0.15) is 57.1 Å². The molecule has 0 spiro atoms. The molecule has 0 saturated carbocycles. The highest BCUT2D eigenvalue weighted by Crippen LogP contribution is 2.35. The first kappa shape index (κ1) is 24.0. The molecule has 0 heterocycles. The SMILES string of the molecule is CC(C)(C)CCC[C@H](C(=O)OCC(Br)(Br)Br)c1ccc(C(F)(F)F)cc1. The maximum absolute atomic E-state index is 12.8. The molecule has 0 radical (unpaired) electrons. The van der Waals surface area contributed by atoms with Crippen LogP contribution < -0.4 is 0 Å². The van der Waals surface area contributed by atoms with E-state index in [1.165, 1.54) is 12.1 Å². The molecule has 0 aliphatic rings. The van der Waals surface area contributed by atoms with Crippen LogP contribution in [0.5, 0.6) is 0 Å². The van der Waals surface area contributed by atoms with Crippen molar-refractivity contribution in [1.29, 1.82) is 0 Å². The number of benzene rings is 1. The molecular formula is C18H22Br3F3O2. The van der Waals surface area contributed by atoms with Crippen molar-refractivity contribution in [3.05, 3.63) is 35.4 Å². The average molecular weight is 567 g/mol. The van der Waals surface area contributed by atoms with Crippen LogP contribution >= 0.6 is 47.8 Å². The molecule has 0 bridgehead atoms. The molecule has 0 aliphatic carbocycles. The van der Waals surface area contributed by atoms with Crippen molar-refractivity contribution >= 4 is 53.8 Å². The molecule has 0 aromatic heterocycles. The van der Waals surface area contributed by atoms with Crippen LogP contribution in [0.4, 0.5) is 13.2 Å². The summed E-state index contributed by atoms with van der Waals surface area (Å²) in [6, 6.07) is 4.72. The Morgan fingerprint density at radius 3 is 2.04 bits per heavy atom. The molecule has 26 heavy (non-hydrogen) atoms. The molecule has 0 aliphatic heterocycles. The largest absolute Gasteiger partial charge is 0.462 e. The van der Waals surface area contributed by atoms with Gasteiger partial charge in [-0.25, -0.2) is 0 Å². The summed E-state index contributed by atoms with van der Waals surface area (Å²) in [7, 11) is 0. The van der Waals surface area contributed by atoms with Crippen molar-refractivity contribution in [1.82, 2.24) is 0 Å². The maximum Gasteiger partial charge on any atom is 0.416 e. The van der Waals surface area contributed by atoms with E-state index in [9.17, 15) is 18.0 Å². The van der Waals surface area contributed by atoms with Gasteiger partial charge in [-0.3, -0.25) is 4.79 Å². The van der Waals surface area contributed by atoms with Gasteiger partial charge in [-0.1, -0.05) is 87.1 Å². The van der Waals surface area contributed by atoms with E-state index in [-0.39, 0.29) is 12.0 Å². The van der Waals surface area contributed by atoms with E-state index in [0.717, 1.165) is 25.0 Å². The normalized spacial score (nSPS) is 14.2. The number of halogens is 6. The molecule has 2 nitrogen and oxygen atoms in total. The Kier molecular flexibility index (Phi) is 8.67. The Bertz CT molecular complexity index is 588. The summed E-state index contributed by atoms with van der Waals surface area (Å²) in [6.45, 7) is 6.34. The first-order valence-corrected chi connectivity index (χ1v) is 10.5. The van der Waals surface area contributed by atoms with Gasteiger partial charge in [0.1, 0.15) is 6.61 Å². The average Bonchev–Trinajstić information content (AvgIpc) is 2.47. The lowest BCUT2D eigenvalue weighted by atomic mass is 9.86. The third kappa shape index (κ3) is 9.22. The lowest BCUT2D eigenvalue weighted by molar-refractivity contribution is -0.145. The van der Waals surface area contributed by atoms with Gasteiger partial charge in [0.25, 0.3) is 0 Å². The molecule has 1 atom stereocenters. The van der Waals surface area contributed by atoms with Gasteiger partial charge < -0.3 is 4.74 Å². The van der Waals surface area contributed by atoms with Gasteiger partial charge in [0, 0.05) is 0 Å². The Morgan fingerprint density at radius 1 is 1.08 bits per heavy atom. The second-order valence-corrected chi connectivity index (χ2v) is 14.6. The molecule has 0 fully saturated rings. The second kappa shape index (κ2) is 9.41. The van der Waals surface area contributed by atoms with E-state index in [1.54, 1.807) is 0 Å². The van der Waals surface area contributed by atoms with E-state index in [2.05, 4.69) is 68.6 Å². The van der Waals surface area contributed by atoms with E-state index in [0.29, 0.717) is 12.0 Å². The summed E-state index contributed by atoms with van der Waals surface area (Å²) in [5.74, 6) is -1.06. The minimum atomic E-state index is -4.40. The van der Waals surface area contributed by atoms with Crippen LogP contribution in [0.25, 0.3) is 0 Å². The number of carbonyl (C=O) groups excluding carboxylic acids is 1. The highest BCUT2D eigenvalue weighted by molar-refractivity contribution is 9.39. The Labute approximate surface area is 177 Å². The zero-order valence-electron chi connectivity index (χ0n) is 14.8. The monoisotopic (exact) mass is 564 g/mol. The fourth-order valence-electron chi connectivity index (χ4n) is 2.42. The van der Waals surface area contributed by atoms with Crippen LogP contribution in [0, 0.1) is 5.41 Å². The number of ether oxygens (including phenoxy) is 1. The summed E-state index contributed by atoms with van der Waals surface area (Å²) in [5, 5.41) is 0. The van der Waals surface area contributed by atoms with Crippen molar-refractivity contribution < 1.29 is 22.7 Å². The zero-order chi connectivity index (χ0) is 20.2. The third-order valence-electron chi connectivity index (χ3n) is 3.72. The first-order chi connectivity index (χ1) is 11.7. The molecule has 0 amide bonds. The number of hydrogen-bond acceptors (Lipinski definition) is 2. The number of carbonyl (C=O) groups is 1. The number of hydrogen-bond donors (Lipinski definition) is 0. The van der Waals surface area contributed by atoms with Crippen molar-refractivity contribution in [2.24, 2.45) is 5.41 Å². The number of alkyl halides is 6. The molecule has 1 aromatic rings. The Hall–Kier alpha value is -0.0800. The van der Waals surface area contributed by atoms with Crippen molar-refractivity contribution in [3.63, 3.8) is 0 Å². The maximum atomic E-state index is 12.8. The van der Waals surface area contributed by atoms with Crippen molar-refractivity contribution in [3.8, 4) is 0 Å². The Morgan fingerprint density at radius 2 is 1.62 bits per heavy atom. The molecule has 1 rings (SSSR count). The minimum absolute atomic E-state index is 0.0300. The zero-order valence-corrected chi connectivity index (χ0v) is 19.6. The minimum Gasteiger partial charge on any atom is -0.462 e.